The van der Waals surface area contributed by atoms with Crippen LogP contribution in [0.4, 0.5) is 0 Å². The molecule has 4 rings (SSSR count). The molecule has 0 N–H and O–H groups in total. The molecule has 5 nitrogen and oxygen atoms in total. The number of halogens is 2. The van der Waals surface area contributed by atoms with Crippen molar-refractivity contribution in [3.63, 3.8) is 0 Å². The molecule has 2 aromatic rings. The van der Waals surface area contributed by atoms with Gasteiger partial charge in [0, 0.05) is 36.9 Å². The molecule has 0 spiro atoms. The van der Waals surface area contributed by atoms with E-state index in [1.54, 1.807) is 11.0 Å². The lowest BCUT2D eigenvalue weighted by atomic mass is 9.99. The van der Waals surface area contributed by atoms with Gasteiger partial charge in [-0.1, -0.05) is 43.1 Å². The second kappa shape index (κ2) is 8.04. The first kappa shape index (κ1) is 20.3. The standard InChI is InChI=1S/C22H25Cl2N3O2/c1-14(2)22(29)27(16-6-7-16)13-20(28)26-11-10-25-9-3-4-19(25)21(26)15-5-8-17(23)18(24)12-15/h3-5,8-9,12,14,16,21H,6-7,10-11,13H2,1-2H3. The van der Waals surface area contributed by atoms with Gasteiger partial charge in [0.15, 0.2) is 0 Å². The summed E-state index contributed by atoms with van der Waals surface area (Å²) in [6.07, 6.45) is 3.98. The summed E-state index contributed by atoms with van der Waals surface area (Å²) in [5.74, 6) is -0.102. The number of amides is 2. The van der Waals surface area contributed by atoms with Crippen molar-refractivity contribution in [3.8, 4) is 0 Å². The largest absolute Gasteiger partial charge is 0.348 e. The van der Waals surface area contributed by atoms with Crippen LogP contribution < -0.4 is 0 Å². The fourth-order valence-corrected chi connectivity index (χ4v) is 4.33. The van der Waals surface area contributed by atoms with E-state index in [-0.39, 0.29) is 36.4 Å². The number of rotatable bonds is 5. The van der Waals surface area contributed by atoms with Crippen molar-refractivity contribution in [3.05, 3.63) is 57.8 Å². The highest BCUT2D eigenvalue weighted by molar-refractivity contribution is 6.42. The van der Waals surface area contributed by atoms with Crippen LogP contribution in [0.3, 0.4) is 0 Å². The minimum Gasteiger partial charge on any atom is -0.348 e. The van der Waals surface area contributed by atoms with Crippen molar-refractivity contribution in [2.75, 3.05) is 13.1 Å². The summed E-state index contributed by atoms with van der Waals surface area (Å²) in [6.45, 7) is 5.20. The van der Waals surface area contributed by atoms with Crippen LogP contribution in [0.15, 0.2) is 36.5 Å². The minimum atomic E-state index is -0.253. The lowest BCUT2D eigenvalue weighted by Gasteiger charge is -2.38. The van der Waals surface area contributed by atoms with Gasteiger partial charge in [-0.3, -0.25) is 9.59 Å². The van der Waals surface area contributed by atoms with E-state index in [0.29, 0.717) is 16.6 Å². The van der Waals surface area contributed by atoms with Gasteiger partial charge in [0.1, 0.15) is 6.54 Å². The molecular formula is C22H25Cl2N3O2. The van der Waals surface area contributed by atoms with Crippen LogP contribution in [0.5, 0.6) is 0 Å². The maximum Gasteiger partial charge on any atom is 0.243 e. The summed E-state index contributed by atoms with van der Waals surface area (Å²) in [5, 5.41) is 0.955. The van der Waals surface area contributed by atoms with Crippen molar-refractivity contribution >= 4 is 35.0 Å². The molecule has 1 atom stereocenters. The van der Waals surface area contributed by atoms with Crippen molar-refractivity contribution in [2.45, 2.75) is 45.3 Å². The number of carbonyl (C=O) groups excluding carboxylic acids is 2. The first-order valence-electron chi connectivity index (χ1n) is 10.1. The van der Waals surface area contributed by atoms with Crippen molar-refractivity contribution in [1.29, 1.82) is 0 Å². The van der Waals surface area contributed by atoms with Gasteiger partial charge in [0.2, 0.25) is 11.8 Å². The molecule has 1 aromatic heterocycles. The van der Waals surface area contributed by atoms with Crippen LogP contribution in [-0.2, 0) is 16.1 Å². The smallest absolute Gasteiger partial charge is 0.243 e. The molecule has 2 heterocycles. The van der Waals surface area contributed by atoms with E-state index in [4.69, 9.17) is 23.2 Å². The van der Waals surface area contributed by atoms with Gasteiger partial charge in [0.05, 0.1) is 16.1 Å². The minimum absolute atomic E-state index is 0.0329. The lowest BCUT2D eigenvalue weighted by Crippen LogP contribution is -2.49. The molecule has 1 aliphatic heterocycles. The van der Waals surface area contributed by atoms with Gasteiger partial charge in [-0.05, 0) is 42.7 Å². The second-order valence-corrected chi connectivity index (χ2v) is 8.96. The Morgan fingerprint density at radius 2 is 1.90 bits per heavy atom. The molecule has 1 saturated carbocycles. The molecule has 1 aliphatic carbocycles. The predicted octanol–water partition coefficient (Wildman–Crippen LogP) is 4.37. The monoisotopic (exact) mass is 433 g/mol. The Kier molecular flexibility index (Phi) is 5.63. The first-order chi connectivity index (χ1) is 13.9. The Morgan fingerprint density at radius 1 is 1.14 bits per heavy atom. The number of hydrogen-bond donors (Lipinski definition) is 0. The normalized spacial score (nSPS) is 18.7. The fourth-order valence-electron chi connectivity index (χ4n) is 4.03. The van der Waals surface area contributed by atoms with Crippen molar-refractivity contribution in [2.24, 2.45) is 5.92 Å². The molecule has 154 valence electrons. The third kappa shape index (κ3) is 4.03. The number of fused-ring (bicyclic) bond motifs is 1. The third-order valence-electron chi connectivity index (χ3n) is 5.69. The summed E-state index contributed by atoms with van der Waals surface area (Å²) in [4.78, 5) is 29.7. The summed E-state index contributed by atoms with van der Waals surface area (Å²) in [6, 6.07) is 9.48. The number of aromatic nitrogens is 1. The molecule has 2 amide bonds. The lowest BCUT2D eigenvalue weighted by molar-refractivity contribution is -0.144. The molecule has 2 aliphatic rings. The maximum absolute atomic E-state index is 13.4. The average Bonchev–Trinajstić information content (AvgIpc) is 3.42. The molecule has 29 heavy (non-hydrogen) atoms. The number of hydrogen-bond acceptors (Lipinski definition) is 2. The van der Waals surface area contributed by atoms with E-state index in [1.807, 2.05) is 49.2 Å². The zero-order chi connectivity index (χ0) is 20.7. The summed E-state index contributed by atoms with van der Waals surface area (Å²) in [7, 11) is 0. The molecule has 1 unspecified atom stereocenters. The van der Waals surface area contributed by atoms with E-state index in [1.165, 1.54) is 0 Å². The van der Waals surface area contributed by atoms with Gasteiger partial charge in [-0.2, -0.15) is 0 Å². The topological polar surface area (TPSA) is 45.6 Å². The Morgan fingerprint density at radius 3 is 2.55 bits per heavy atom. The van der Waals surface area contributed by atoms with Crippen LogP contribution in [0.1, 0.15) is 44.0 Å². The SMILES string of the molecule is CC(C)C(=O)N(CC(=O)N1CCn2cccc2C1c1ccc(Cl)c(Cl)c1)C1CC1. The van der Waals surface area contributed by atoms with Gasteiger partial charge >= 0.3 is 0 Å². The van der Waals surface area contributed by atoms with Crippen LogP contribution in [-0.4, -0.2) is 45.3 Å². The molecule has 1 fully saturated rings. The Hall–Kier alpha value is -1.98. The van der Waals surface area contributed by atoms with Crippen molar-refractivity contribution < 1.29 is 9.59 Å². The Labute approximate surface area is 181 Å². The highest BCUT2D eigenvalue weighted by atomic mass is 35.5. The molecule has 1 aromatic carbocycles. The van der Waals surface area contributed by atoms with Crippen LogP contribution in [0.2, 0.25) is 10.0 Å². The van der Waals surface area contributed by atoms with Gasteiger partial charge in [-0.25, -0.2) is 0 Å². The zero-order valence-electron chi connectivity index (χ0n) is 16.6. The molecule has 0 radical (unpaired) electrons. The highest BCUT2D eigenvalue weighted by Crippen LogP contribution is 2.36. The average molecular weight is 434 g/mol. The van der Waals surface area contributed by atoms with E-state index in [2.05, 4.69) is 4.57 Å². The fraction of sp³-hybridized carbons (Fsp3) is 0.455. The number of carbonyl (C=O) groups is 2. The summed E-state index contributed by atoms with van der Waals surface area (Å²) >= 11 is 12.4. The van der Waals surface area contributed by atoms with E-state index in [9.17, 15) is 9.59 Å². The quantitative estimate of drug-likeness (QED) is 0.702. The van der Waals surface area contributed by atoms with Gasteiger partial charge < -0.3 is 14.4 Å². The maximum atomic E-state index is 13.4. The van der Waals surface area contributed by atoms with Gasteiger partial charge in [0.25, 0.3) is 0 Å². The van der Waals surface area contributed by atoms with Crippen LogP contribution in [0.25, 0.3) is 0 Å². The summed E-state index contributed by atoms with van der Waals surface area (Å²) < 4.78 is 2.16. The zero-order valence-corrected chi connectivity index (χ0v) is 18.2. The van der Waals surface area contributed by atoms with Crippen LogP contribution >= 0.6 is 23.2 Å². The summed E-state index contributed by atoms with van der Waals surface area (Å²) in [5.41, 5.74) is 1.96. The highest BCUT2D eigenvalue weighted by Gasteiger charge is 2.38. The number of benzene rings is 1. The van der Waals surface area contributed by atoms with Crippen molar-refractivity contribution in [1.82, 2.24) is 14.4 Å². The number of nitrogens with zero attached hydrogens (tertiary/aromatic N) is 3. The van der Waals surface area contributed by atoms with E-state index >= 15 is 0 Å². The first-order valence-corrected chi connectivity index (χ1v) is 10.8. The van der Waals surface area contributed by atoms with Crippen LogP contribution in [0, 0.1) is 5.92 Å². The molecule has 7 heteroatoms. The molecule has 0 saturated heterocycles. The van der Waals surface area contributed by atoms with E-state index in [0.717, 1.165) is 30.6 Å². The molecule has 0 bridgehead atoms. The van der Waals surface area contributed by atoms with E-state index < -0.39 is 0 Å². The Bertz CT molecular complexity index is 936. The van der Waals surface area contributed by atoms with Gasteiger partial charge in [-0.15, -0.1) is 0 Å². The molecular weight excluding hydrogens is 409 g/mol. The predicted molar refractivity (Wildman–Crippen MR) is 114 cm³/mol. The second-order valence-electron chi connectivity index (χ2n) is 8.14. The third-order valence-corrected chi connectivity index (χ3v) is 6.43. The Balaban J connectivity index is 1.64.